The Morgan fingerprint density at radius 3 is 3.00 bits per heavy atom. The highest BCUT2D eigenvalue weighted by molar-refractivity contribution is 4.87. The van der Waals surface area contributed by atoms with E-state index in [0.717, 1.165) is 13.0 Å². The lowest BCUT2D eigenvalue weighted by Crippen LogP contribution is -2.38. The second-order valence-corrected chi connectivity index (χ2v) is 3.75. The monoisotopic (exact) mass is 182 g/mol. The van der Waals surface area contributed by atoms with Crippen molar-refractivity contribution in [2.75, 3.05) is 13.7 Å². The van der Waals surface area contributed by atoms with E-state index in [1.807, 2.05) is 6.92 Å². The van der Waals surface area contributed by atoms with Crippen LogP contribution < -0.4 is 5.32 Å². The third-order valence-corrected chi connectivity index (χ3v) is 2.66. The van der Waals surface area contributed by atoms with Crippen molar-refractivity contribution in [3.63, 3.8) is 0 Å². The van der Waals surface area contributed by atoms with Crippen molar-refractivity contribution in [3.05, 3.63) is 0 Å². The molecule has 0 heterocycles. The molecule has 1 fully saturated rings. The number of hydrogen-bond donors (Lipinski definition) is 1. The highest BCUT2D eigenvalue weighted by atomic mass is 16.5. The summed E-state index contributed by atoms with van der Waals surface area (Å²) in [6.45, 7) is 2.71. The van der Waals surface area contributed by atoms with Crippen LogP contribution in [0.15, 0.2) is 0 Å². The molecule has 74 valence electrons. The Hall–Kier alpha value is -0.590. The maximum Gasteiger partial charge on any atom is 0.0724 e. The Morgan fingerprint density at radius 1 is 1.62 bits per heavy atom. The van der Waals surface area contributed by atoms with Crippen molar-refractivity contribution in [3.8, 4) is 6.07 Å². The van der Waals surface area contributed by atoms with Crippen LogP contribution in [-0.2, 0) is 4.74 Å². The molecule has 3 atom stereocenters. The first-order valence-electron chi connectivity index (χ1n) is 4.93. The molecule has 0 aromatic heterocycles. The highest BCUT2D eigenvalue weighted by Crippen LogP contribution is 2.21. The van der Waals surface area contributed by atoms with Crippen LogP contribution in [0.1, 0.15) is 26.2 Å². The zero-order valence-electron chi connectivity index (χ0n) is 8.42. The van der Waals surface area contributed by atoms with Gasteiger partial charge in [0.05, 0.1) is 18.1 Å². The van der Waals surface area contributed by atoms with Crippen molar-refractivity contribution in [2.24, 2.45) is 5.92 Å². The van der Waals surface area contributed by atoms with E-state index in [4.69, 9.17) is 10.00 Å². The summed E-state index contributed by atoms with van der Waals surface area (Å²) in [6.07, 6.45) is 3.91. The van der Waals surface area contributed by atoms with Gasteiger partial charge in [0, 0.05) is 19.7 Å². The zero-order valence-corrected chi connectivity index (χ0v) is 8.42. The van der Waals surface area contributed by atoms with E-state index in [0.29, 0.717) is 12.1 Å². The average Bonchev–Trinajstić information content (AvgIpc) is 2.61. The van der Waals surface area contributed by atoms with Gasteiger partial charge >= 0.3 is 0 Å². The Bertz CT molecular complexity index is 188. The molecule has 1 N–H and O–H groups in total. The largest absolute Gasteiger partial charge is 0.380 e. The molecule has 0 aromatic rings. The van der Waals surface area contributed by atoms with Crippen molar-refractivity contribution in [1.82, 2.24) is 5.32 Å². The summed E-state index contributed by atoms with van der Waals surface area (Å²) in [7, 11) is 1.76. The van der Waals surface area contributed by atoms with E-state index < -0.39 is 0 Å². The Labute approximate surface area is 80.1 Å². The van der Waals surface area contributed by atoms with Gasteiger partial charge in [0.15, 0.2) is 0 Å². The lowest BCUT2D eigenvalue weighted by atomic mass is 10.1. The normalized spacial score (nSPS) is 29.9. The lowest BCUT2D eigenvalue weighted by molar-refractivity contribution is 0.0847. The SMILES string of the molecule is COC1CCCC1NCC(C)C#N. The van der Waals surface area contributed by atoms with E-state index in [2.05, 4.69) is 11.4 Å². The van der Waals surface area contributed by atoms with Crippen molar-refractivity contribution in [2.45, 2.75) is 38.3 Å². The summed E-state index contributed by atoms with van der Waals surface area (Å²) < 4.78 is 5.34. The summed E-state index contributed by atoms with van der Waals surface area (Å²) in [4.78, 5) is 0. The number of hydrogen-bond acceptors (Lipinski definition) is 3. The summed E-state index contributed by atoms with van der Waals surface area (Å²) in [5.74, 6) is 0.0955. The number of nitrogens with one attached hydrogen (secondary N) is 1. The summed E-state index contributed by atoms with van der Waals surface area (Å²) in [5.41, 5.74) is 0. The first kappa shape index (κ1) is 10.5. The molecule has 0 radical (unpaired) electrons. The predicted octanol–water partition coefficient (Wildman–Crippen LogP) is 1.30. The second-order valence-electron chi connectivity index (χ2n) is 3.75. The molecule has 1 saturated carbocycles. The molecule has 1 aliphatic rings. The average molecular weight is 182 g/mol. The van der Waals surface area contributed by atoms with Crippen LogP contribution >= 0.6 is 0 Å². The van der Waals surface area contributed by atoms with Crippen LogP contribution in [0.4, 0.5) is 0 Å². The first-order chi connectivity index (χ1) is 6.27. The molecule has 0 aliphatic heterocycles. The smallest absolute Gasteiger partial charge is 0.0724 e. The molecule has 3 heteroatoms. The molecular weight excluding hydrogens is 164 g/mol. The maximum absolute atomic E-state index is 8.61. The third kappa shape index (κ3) is 2.98. The predicted molar refractivity (Wildman–Crippen MR) is 51.2 cm³/mol. The molecule has 0 aromatic carbocycles. The fourth-order valence-electron chi connectivity index (χ4n) is 1.82. The number of nitriles is 1. The lowest BCUT2D eigenvalue weighted by Gasteiger charge is -2.20. The molecular formula is C10H18N2O. The van der Waals surface area contributed by atoms with Gasteiger partial charge in [-0.1, -0.05) is 0 Å². The molecule has 0 amide bonds. The minimum absolute atomic E-state index is 0.0955. The van der Waals surface area contributed by atoms with Gasteiger partial charge in [0.2, 0.25) is 0 Å². The maximum atomic E-state index is 8.61. The summed E-state index contributed by atoms with van der Waals surface area (Å²) in [6, 6.07) is 2.68. The van der Waals surface area contributed by atoms with Crippen LogP contribution in [0, 0.1) is 17.2 Å². The molecule has 3 unspecified atom stereocenters. The number of methoxy groups -OCH3 is 1. The van der Waals surface area contributed by atoms with Crippen LogP contribution in [0.5, 0.6) is 0 Å². The summed E-state index contributed by atoms with van der Waals surface area (Å²) >= 11 is 0. The number of rotatable bonds is 4. The van der Waals surface area contributed by atoms with E-state index in [1.54, 1.807) is 7.11 Å². The number of ether oxygens (including phenoxy) is 1. The van der Waals surface area contributed by atoms with E-state index in [9.17, 15) is 0 Å². The van der Waals surface area contributed by atoms with Crippen molar-refractivity contribution in [1.29, 1.82) is 5.26 Å². The van der Waals surface area contributed by atoms with E-state index >= 15 is 0 Å². The van der Waals surface area contributed by atoms with E-state index in [-0.39, 0.29) is 5.92 Å². The van der Waals surface area contributed by atoms with Crippen molar-refractivity contribution < 1.29 is 4.74 Å². The van der Waals surface area contributed by atoms with Crippen molar-refractivity contribution >= 4 is 0 Å². The van der Waals surface area contributed by atoms with Crippen LogP contribution in [0.3, 0.4) is 0 Å². The molecule has 3 nitrogen and oxygen atoms in total. The fourth-order valence-corrected chi connectivity index (χ4v) is 1.82. The molecule has 0 spiro atoms. The van der Waals surface area contributed by atoms with Gasteiger partial charge in [-0.15, -0.1) is 0 Å². The third-order valence-electron chi connectivity index (χ3n) is 2.66. The second kappa shape index (κ2) is 5.21. The fraction of sp³-hybridized carbons (Fsp3) is 0.900. The standard InChI is InChI=1S/C10H18N2O/c1-8(6-11)7-12-9-4-3-5-10(9)13-2/h8-10,12H,3-5,7H2,1-2H3. The molecule has 1 rings (SSSR count). The summed E-state index contributed by atoms with van der Waals surface area (Å²) in [5, 5.41) is 12.0. The van der Waals surface area contributed by atoms with Crippen LogP contribution in [0.25, 0.3) is 0 Å². The van der Waals surface area contributed by atoms with Crippen LogP contribution in [-0.4, -0.2) is 25.8 Å². The van der Waals surface area contributed by atoms with Gasteiger partial charge in [-0.3, -0.25) is 0 Å². The Balaban J connectivity index is 2.24. The molecule has 0 saturated heterocycles. The Morgan fingerprint density at radius 2 is 2.38 bits per heavy atom. The van der Waals surface area contributed by atoms with E-state index in [1.165, 1.54) is 12.8 Å². The molecule has 0 bridgehead atoms. The van der Waals surface area contributed by atoms with Crippen LogP contribution in [0.2, 0.25) is 0 Å². The van der Waals surface area contributed by atoms with Gasteiger partial charge < -0.3 is 10.1 Å². The topological polar surface area (TPSA) is 45.0 Å². The Kier molecular flexibility index (Phi) is 4.20. The molecule has 13 heavy (non-hydrogen) atoms. The zero-order chi connectivity index (χ0) is 9.68. The number of nitrogens with zero attached hydrogens (tertiary/aromatic N) is 1. The quantitative estimate of drug-likeness (QED) is 0.713. The first-order valence-corrected chi connectivity index (χ1v) is 4.93. The van der Waals surface area contributed by atoms with Gasteiger partial charge in [-0.05, 0) is 26.2 Å². The van der Waals surface area contributed by atoms with Gasteiger partial charge in [0.25, 0.3) is 0 Å². The highest BCUT2D eigenvalue weighted by Gasteiger charge is 2.26. The van der Waals surface area contributed by atoms with Gasteiger partial charge in [0.1, 0.15) is 0 Å². The minimum atomic E-state index is 0.0955. The van der Waals surface area contributed by atoms with Gasteiger partial charge in [-0.25, -0.2) is 0 Å². The minimum Gasteiger partial charge on any atom is -0.380 e. The molecule has 1 aliphatic carbocycles. The van der Waals surface area contributed by atoms with Gasteiger partial charge in [-0.2, -0.15) is 5.26 Å².